The van der Waals surface area contributed by atoms with Crippen LogP contribution in [0.3, 0.4) is 0 Å². The third-order valence-electron chi connectivity index (χ3n) is 4.71. The van der Waals surface area contributed by atoms with Gasteiger partial charge in [-0.2, -0.15) is 10.2 Å². The highest BCUT2D eigenvalue weighted by molar-refractivity contribution is 5.35. The number of rotatable bonds is 8. The number of aryl methyl sites for hydroxylation is 1. The number of benzene rings is 1. The van der Waals surface area contributed by atoms with Gasteiger partial charge in [0.15, 0.2) is 0 Å². The predicted octanol–water partition coefficient (Wildman–Crippen LogP) is 1.09. The summed E-state index contributed by atoms with van der Waals surface area (Å²) in [5.41, 5.74) is 0.748. The quantitative estimate of drug-likeness (QED) is 0.535. The van der Waals surface area contributed by atoms with Gasteiger partial charge in [-0.3, -0.25) is 14.5 Å². The Morgan fingerprint density at radius 1 is 1.29 bits per heavy atom. The molecule has 1 aliphatic rings. The number of hydrogen-bond donors (Lipinski definition) is 0. The summed E-state index contributed by atoms with van der Waals surface area (Å²) in [4.78, 5) is 16.6. The van der Waals surface area contributed by atoms with Crippen molar-refractivity contribution < 1.29 is 18.3 Å². The van der Waals surface area contributed by atoms with Crippen LogP contribution >= 0.6 is 0 Å². The van der Waals surface area contributed by atoms with Crippen LogP contribution in [0.2, 0.25) is 0 Å². The first-order valence-electron chi connectivity index (χ1n) is 9.82. The summed E-state index contributed by atoms with van der Waals surface area (Å²) in [6.07, 6.45) is 3.79. The van der Waals surface area contributed by atoms with Crippen molar-refractivity contribution in [1.82, 2.24) is 19.6 Å². The maximum Gasteiger partial charge on any atom is 0.261 e. The Hall–Kier alpha value is -3.40. The molecule has 4 rings (SSSR count). The first-order valence-corrected chi connectivity index (χ1v) is 9.82. The summed E-state index contributed by atoms with van der Waals surface area (Å²) in [6.45, 7) is 2.34. The van der Waals surface area contributed by atoms with E-state index in [1.165, 1.54) is 6.07 Å². The van der Waals surface area contributed by atoms with Crippen LogP contribution in [0.4, 0.5) is 8.78 Å². The molecule has 31 heavy (non-hydrogen) atoms. The molecular formula is C21H21F2N5O3. The van der Waals surface area contributed by atoms with Gasteiger partial charge in [0.25, 0.3) is 6.43 Å². The summed E-state index contributed by atoms with van der Waals surface area (Å²) in [5, 5.41) is 10.0. The minimum atomic E-state index is -2.52. The fourth-order valence-electron chi connectivity index (χ4n) is 3.12. The molecule has 2 aromatic heterocycles. The molecule has 8 nitrogen and oxygen atoms in total. The number of nitrogens with zero attached hydrogens (tertiary/aromatic N) is 5. The minimum Gasteiger partial charge on any atom is -0.487 e. The largest absolute Gasteiger partial charge is 0.487 e. The van der Waals surface area contributed by atoms with Crippen LogP contribution < -0.4 is 20.7 Å². The van der Waals surface area contributed by atoms with Crippen LogP contribution in [0, 0.1) is 0 Å². The van der Waals surface area contributed by atoms with Crippen molar-refractivity contribution in [2.45, 2.75) is 32.6 Å². The summed E-state index contributed by atoms with van der Waals surface area (Å²) in [6, 6.07) is 6.69. The van der Waals surface area contributed by atoms with Crippen LogP contribution in [-0.4, -0.2) is 45.2 Å². The van der Waals surface area contributed by atoms with E-state index in [2.05, 4.69) is 15.2 Å². The number of ether oxygens (including phenoxy) is 2. The number of hydrogen-bond acceptors (Lipinski definition) is 6. The average Bonchev–Trinajstić information content (AvgIpc) is 3.26. The van der Waals surface area contributed by atoms with Crippen molar-refractivity contribution in [2.75, 3.05) is 13.2 Å². The molecule has 3 aromatic rings. The molecule has 0 N–H and O–H groups in total. The Bertz CT molecular complexity index is 1240. The lowest BCUT2D eigenvalue weighted by Crippen LogP contribution is -2.34. The molecule has 1 aromatic carbocycles. The van der Waals surface area contributed by atoms with Crippen molar-refractivity contribution in [1.29, 1.82) is 0 Å². The number of fused-ring (bicyclic) bond motifs is 1. The van der Waals surface area contributed by atoms with E-state index < -0.39 is 19.1 Å². The fourth-order valence-corrected chi connectivity index (χ4v) is 3.12. The van der Waals surface area contributed by atoms with Gasteiger partial charge in [0.1, 0.15) is 30.3 Å². The summed E-state index contributed by atoms with van der Waals surface area (Å²) < 4.78 is 39.0. The van der Waals surface area contributed by atoms with Crippen molar-refractivity contribution in [2.24, 2.45) is 4.99 Å². The molecule has 0 radical (unpaired) electrons. The van der Waals surface area contributed by atoms with Gasteiger partial charge in [-0.15, -0.1) is 0 Å². The Labute approximate surface area is 176 Å². The SMILES string of the molecule is CCn1cc(-n2ccc(=O)c(COc3ccc4c(c3)=CC(OCC(F)F)CN=4)n2)cn1. The summed E-state index contributed by atoms with van der Waals surface area (Å²) in [5.74, 6) is 0.509. The zero-order chi connectivity index (χ0) is 21.8. The lowest BCUT2D eigenvalue weighted by molar-refractivity contribution is 0.000584. The van der Waals surface area contributed by atoms with E-state index in [1.807, 2.05) is 13.1 Å². The Kier molecular flexibility index (Phi) is 6.17. The van der Waals surface area contributed by atoms with Crippen molar-refractivity contribution >= 4 is 6.08 Å². The maximum atomic E-state index is 12.4. The first kappa shape index (κ1) is 20.9. The third-order valence-corrected chi connectivity index (χ3v) is 4.71. The van der Waals surface area contributed by atoms with Crippen LogP contribution in [0.5, 0.6) is 5.75 Å². The van der Waals surface area contributed by atoms with Crippen LogP contribution in [0.1, 0.15) is 12.6 Å². The van der Waals surface area contributed by atoms with E-state index in [4.69, 9.17) is 9.47 Å². The van der Waals surface area contributed by atoms with Crippen molar-refractivity contribution in [3.63, 3.8) is 0 Å². The molecule has 0 fully saturated rings. The Morgan fingerprint density at radius 3 is 2.94 bits per heavy atom. The fraction of sp³-hybridized carbons (Fsp3) is 0.333. The van der Waals surface area contributed by atoms with Crippen molar-refractivity contribution in [3.05, 3.63) is 69.3 Å². The second-order valence-electron chi connectivity index (χ2n) is 6.91. The van der Waals surface area contributed by atoms with Gasteiger partial charge in [0.2, 0.25) is 5.43 Å². The number of aromatic nitrogens is 4. The normalized spacial score (nSPS) is 15.3. The van der Waals surface area contributed by atoms with E-state index in [9.17, 15) is 13.6 Å². The van der Waals surface area contributed by atoms with E-state index in [0.29, 0.717) is 12.3 Å². The molecule has 3 heterocycles. The molecule has 162 valence electrons. The monoisotopic (exact) mass is 429 g/mol. The number of alkyl halides is 2. The molecule has 1 aliphatic heterocycles. The molecule has 0 amide bonds. The van der Waals surface area contributed by atoms with E-state index in [0.717, 1.165) is 22.8 Å². The molecule has 10 heteroatoms. The van der Waals surface area contributed by atoms with Gasteiger partial charge in [-0.05, 0) is 31.2 Å². The standard InChI is InChI=1S/C21H21F2N5O3/c1-2-27-11-15(9-25-27)28-6-5-20(29)19(26-28)12-30-16-3-4-18-14(7-16)8-17(10-24-18)31-13-21(22)23/h3-9,11,17,21H,2,10,12-13H2,1H3. The second-order valence-corrected chi connectivity index (χ2v) is 6.91. The molecule has 1 atom stereocenters. The summed E-state index contributed by atoms with van der Waals surface area (Å²) >= 11 is 0. The average molecular weight is 429 g/mol. The highest BCUT2D eigenvalue weighted by Gasteiger charge is 2.13. The highest BCUT2D eigenvalue weighted by atomic mass is 19.3. The van der Waals surface area contributed by atoms with E-state index in [-0.39, 0.29) is 17.7 Å². The molecule has 1 unspecified atom stereocenters. The van der Waals surface area contributed by atoms with Gasteiger partial charge in [-0.25, -0.2) is 13.5 Å². The second kappa shape index (κ2) is 9.17. The Morgan fingerprint density at radius 2 is 2.16 bits per heavy atom. The summed E-state index contributed by atoms with van der Waals surface area (Å²) in [7, 11) is 0. The highest BCUT2D eigenvalue weighted by Crippen LogP contribution is 2.09. The molecular weight excluding hydrogens is 408 g/mol. The van der Waals surface area contributed by atoms with Crippen LogP contribution in [0.25, 0.3) is 11.8 Å². The molecule has 0 saturated carbocycles. The lowest BCUT2D eigenvalue weighted by Gasteiger charge is -2.15. The van der Waals surface area contributed by atoms with Gasteiger partial charge < -0.3 is 9.47 Å². The van der Waals surface area contributed by atoms with Gasteiger partial charge >= 0.3 is 0 Å². The van der Waals surface area contributed by atoms with Gasteiger partial charge in [0.05, 0.1) is 30.4 Å². The smallest absolute Gasteiger partial charge is 0.261 e. The topological polar surface area (TPSA) is 83.5 Å². The molecule has 0 saturated heterocycles. The van der Waals surface area contributed by atoms with Gasteiger partial charge in [-0.1, -0.05) is 0 Å². The third kappa shape index (κ3) is 5.02. The first-order chi connectivity index (χ1) is 15.0. The van der Waals surface area contributed by atoms with Gasteiger partial charge in [0, 0.05) is 24.0 Å². The van der Waals surface area contributed by atoms with Crippen LogP contribution in [0.15, 0.2) is 52.6 Å². The van der Waals surface area contributed by atoms with E-state index >= 15 is 0 Å². The lowest BCUT2D eigenvalue weighted by atomic mass is 10.1. The number of halogens is 2. The predicted molar refractivity (Wildman–Crippen MR) is 108 cm³/mol. The zero-order valence-corrected chi connectivity index (χ0v) is 16.8. The van der Waals surface area contributed by atoms with Crippen LogP contribution in [-0.2, 0) is 17.9 Å². The minimum absolute atomic E-state index is 0.0250. The molecule has 0 bridgehead atoms. The van der Waals surface area contributed by atoms with Crippen molar-refractivity contribution in [3.8, 4) is 11.4 Å². The van der Waals surface area contributed by atoms with E-state index in [1.54, 1.807) is 46.0 Å². The maximum absolute atomic E-state index is 12.4. The zero-order valence-electron chi connectivity index (χ0n) is 16.8. The molecule has 0 spiro atoms. The Balaban J connectivity index is 1.50. The molecule has 0 aliphatic carbocycles.